The summed E-state index contributed by atoms with van der Waals surface area (Å²) in [5.74, 6) is 1.30. The number of benzene rings is 2. The normalized spacial score (nSPS) is 26.4. The van der Waals surface area contributed by atoms with Crippen molar-refractivity contribution in [2.75, 3.05) is 27.4 Å². The minimum absolute atomic E-state index is 0.0556. The molecule has 8 heteroatoms. The Morgan fingerprint density at radius 3 is 1.94 bits per heavy atom. The first-order valence-electron chi connectivity index (χ1n) is 11.1. The van der Waals surface area contributed by atoms with Crippen LogP contribution in [0.5, 0.6) is 11.5 Å². The van der Waals surface area contributed by atoms with Crippen molar-refractivity contribution in [1.82, 2.24) is 0 Å². The Morgan fingerprint density at radius 1 is 0.879 bits per heavy atom. The second kappa shape index (κ2) is 11.1. The maximum Gasteiger partial charge on any atom is 0.184 e. The number of carbonyl (C=O) groups is 1. The van der Waals surface area contributed by atoms with E-state index in [9.17, 15) is 9.90 Å². The van der Waals surface area contributed by atoms with Crippen LogP contribution in [0.25, 0.3) is 0 Å². The Balaban J connectivity index is 1.32. The SMILES string of the molecule is COc1ccc([C@@H]2OCC[C@H]([C@@H](O)CC(=O)[C@@H]3CCO[C@H](c4ccc(OC)cc4)O3)O2)cc1. The lowest BCUT2D eigenvalue weighted by atomic mass is 9.99. The van der Waals surface area contributed by atoms with Gasteiger partial charge >= 0.3 is 0 Å². The van der Waals surface area contributed by atoms with Gasteiger partial charge < -0.3 is 33.5 Å². The maximum absolute atomic E-state index is 12.9. The molecule has 0 unspecified atom stereocenters. The van der Waals surface area contributed by atoms with E-state index in [0.717, 1.165) is 22.6 Å². The van der Waals surface area contributed by atoms with Gasteiger partial charge in [-0.15, -0.1) is 0 Å². The molecule has 0 amide bonds. The van der Waals surface area contributed by atoms with Crippen LogP contribution in [0.2, 0.25) is 0 Å². The van der Waals surface area contributed by atoms with Crippen molar-refractivity contribution in [3.63, 3.8) is 0 Å². The van der Waals surface area contributed by atoms with E-state index in [1.54, 1.807) is 14.2 Å². The molecule has 0 spiro atoms. The predicted octanol–water partition coefficient (Wildman–Crippen LogP) is 3.33. The summed E-state index contributed by atoms with van der Waals surface area (Å²) in [5.41, 5.74) is 1.64. The van der Waals surface area contributed by atoms with E-state index in [1.807, 2.05) is 48.5 Å². The van der Waals surface area contributed by atoms with Gasteiger partial charge in [0.1, 0.15) is 17.6 Å². The summed E-state index contributed by atoms with van der Waals surface area (Å²) in [5, 5.41) is 10.7. The molecular formula is C25H30O8. The number of ketones is 1. The molecule has 5 atom stereocenters. The number of aliphatic hydroxyl groups excluding tert-OH is 1. The van der Waals surface area contributed by atoms with E-state index >= 15 is 0 Å². The van der Waals surface area contributed by atoms with Gasteiger partial charge in [0.15, 0.2) is 18.4 Å². The quantitative estimate of drug-likeness (QED) is 0.644. The first-order valence-corrected chi connectivity index (χ1v) is 11.1. The number of hydrogen-bond acceptors (Lipinski definition) is 8. The summed E-state index contributed by atoms with van der Waals surface area (Å²) in [6.07, 6.45) is -2.43. The van der Waals surface area contributed by atoms with E-state index < -0.39 is 30.9 Å². The highest BCUT2D eigenvalue weighted by Gasteiger charge is 2.35. The summed E-state index contributed by atoms with van der Waals surface area (Å²) >= 11 is 0. The van der Waals surface area contributed by atoms with E-state index in [4.69, 9.17) is 28.4 Å². The molecule has 2 saturated heterocycles. The summed E-state index contributed by atoms with van der Waals surface area (Å²) in [6.45, 7) is 0.830. The number of aliphatic hydroxyl groups is 1. The van der Waals surface area contributed by atoms with Crippen molar-refractivity contribution in [2.24, 2.45) is 0 Å². The molecule has 8 nitrogen and oxygen atoms in total. The van der Waals surface area contributed by atoms with Crippen molar-refractivity contribution < 1.29 is 38.3 Å². The van der Waals surface area contributed by atoms with Crippen molar-refractivity contribution in [2.45, 2.75) is 50.2 Å². The first kappa shape index (κ1) is 23.7. The van der Waals surface area contributed by atoms with E-state index in [2.05, 4.69) is 0 Å². The third-order valence-electron chi connectivity index (χ3n) is 5.88. The Hall–Kier alpha value is -2.49. The number of Topliss-reactive ketones (excluding diaryl/α,β-unsaturated/α-hetero) is 1. The van der Waals surface area contributed by atoms with Crippen LogP contribution in [0.1, 0.15) is 43.0 Å². The highest BCUT2D eigenvalue weighted by molar-refractivity contribution is 5.83. The zero-order valence-electron chi connectivity index (χ0n) is 18.8. The van der Waals surface area contributed by atoms with Gasteiger partial charge in [-0.3, -0.25) is 4.79 Å². The minimum atomic E-state index is -0.951. The smallest absolute Gasteiger partial charge is 0.184 e. The lowest BCUT2D eigenvalue weighted by Crippen LogP contribution is -2.41. The second-order valence-corrected chi connectivity index (χ2v) is 8.07. The molecule has 178 valence electrons. The minimum Gasteiger partial charge on any atom is -0.497 e. The van der Waals surface area contributed by atoms with Crippen LogP contribution in [0, 0.1) is 0 Å². The van der Waals surface area contributed by atoms with Gasteiger partial charge in [-0.25, -0.2) is 0 Å². The van der Waals surface area contributed by atoms with Crippen molar-refractivity contribution >= 4 is 5.78 Å². The van der Waals surface area contributed by atoms with Crippen LogP contribution in [-0.4, -0.2) is 56.6 Å². The monoisotopic (exact) mass is 458 g/mol. The third kappa shape index (κ3) is 5.90. The molecule has 2 aliphatic rings. The predicted molar refractivity (Wildman–Crippen MR) is 118 cm³/mol. The molecule has 2 heterocycles. The van der Waals surface area contributed by atoms with Gasteiger partial charge in [0.05, 0.1) is 39.6 Å². The summed E-state index contributed by atoms with van der Waals surface area (Å²) < 4.78 is 33.6. The van der Waals surface area contributed by atoms with Crippen LogP contribution in [0.15, 0.2) is 48.5 Å². The zero-order chi connectivity index (χ0) is 23.2. The molecule has 33 heavy (non-hydrogen) atoms. The number of hydrogen-bond donors (Lipinski definition) is 1. The lowest BCUT2D eigenvalue weighted by Gasteiger charge is -2.34. The Bertz CT molecular complexity index is 898. The average molecular weight is 459 g/mol. The maximum atomic E-state index is 12.9. The van der Waals surface area contributed by atoms with Crippen LogP contribution < -0.4 is 9.47 Å². The van der Waals surface area contributed by atoms with Crippen molar-refractivity contribution in [3.05, 3.63) is 59.7 Å². The molecule has 2 aliphatic heterocycles. The highest BCUT2D eigenvalue weighted by Crippen LogP contribution is 2.31. The van der Waals surface area contributed by atoms with Gasteiger partial charge in [0, 0.05) is 24.0 Å². The van der Waals surface area contributed by atoms with Gasteiger partial charge in [-0.05, 0) is 30.7 Å². The van der Waals surface area contributed by atoms with Crippen LogP contribution in [0.3, 0.4) is 0 Å². The highest BCUT2D eigenvalue weighted by atomic mass is 16.7. The molecule has 2 fully saturated rings. The number of ether oxygens (including phenoxy) is 6. The van der Waals surface area contributed by atoms with Crippen molar-refractivity contribution in [3.8, 4) is 11.5 Å². The number of carbonyl (C=O) groups excluding carboxylic acids is 1. The van der Waals surface area contributed by atoms with Crippen LogP contribution >= 0.6 is 0 Å². The topological polar surface area (TPSA) is 92.7 Å². The molecule has 0 bridgehead atoms. The molecular weight excluding hydrogens is 428 g/mol. The molecule has 0 aliphatic carbocycles. The van der Waals surface area contributed by atoms with E-state index in [0.29, 0.717) is 26.1 Å². The van der Waals surface area contributed by atoms with Gasteiger partial charge in [0.25, 0.3) is 0 Å². The standard InChI is InChI=1S/C25H30O8/c1-28-18-7-3-16(4-8-18)24-30-13-11-22(32-24)20(26)15-21(27)23-12-14-31-25(33-23)17-5-9-19(29-2)10-6-17/h3-10,20,22-26H,11-15H2,1-2H3/t20-,22+,23-,24+,25-/m0/s1. The lowest BCUT2D eigenvalue weighted by molar-refractivity contribution is -0.239. The van der Waals surface area contributed by atoms with Crippen LogP contribution in [-0.2, 0) is 23.7 Å². The van der Waals surface area contributed by atoms with E-state index in [1.165, 1.54) is 0 Å². The molecule has 0 saturated carbocycles. The molecule has 0 aromatic heterocycles. The zero-order valence-corrected chi connectivity index (χ0v) is 18.8. The Labute approximate surface area is 193 Å². The second-order valence-electron chi connectivity index (χ2n) is 8.07. The first-order chi connectivity index (χ1) is 16.1. The summed E-state index contributed by atoms with van der Waals surface area (Å²) in [7, 11) is 3.21. The average Bonchev–Trinajstić information content (AvgIpc) is 2.89. The molecule has 2 aromatic rings. The Morgan fingerprint density at radius 2 is 1.39 bits per heavy atom. The molecule has 1 N–H and O–H groups in total. The van der Waals surface area contributed by atoms with Crippen molar-refractivity contribution in [1.29, 1.82) is 0 Å². The van der Waals surface area contributed by atoms with Gasteiger partial charge in [0.2, 0.25) is 0 Å². The fourth-order valence-corrected chi connectivity index (χ4v) is 3.96. The summed E-state index contributed by atoms with van der Waals surface area (Å²) in [6, 6.07) is 14.7. The largest absolute Gasteiger partial charge is 0.497 e. The third-order valence-corrected chi connectivity index (χ3v) is 5.88. The molecule has 4 rings (SSSR count). The summed E-state index contributed by atoms with van der Waals surface area (Å²) in [4.78, 5) is 12.9. The molecule has 2 aromatic carbocycles. The number of methoxy groups -OCH3 is 2. The van der Waals surface area contributed by atoms with Gasteiger partial charge in [-0.2, -0.15) is 0 Å². The van der Waals surface area contributed by atoms with E-state index in [-0.39, 0.29) is 12.2 Å². The Kier molecular flexibility index (Phi) is 7.95. The fraction of sp³-hybridized carbons (Fsp3) is 0.480. The van der Waals surface area contributed by atoms with Crippen LogP contribution in [0.4, 0.5) is 0 Å². The van der Waals surface area contributed by atoms with Gasteiger partial charge in [-0.1, -0.05) is 24.3 Å². The number of rotatable bonds is 8. The fourth-order valence-electron chi connectivity index (χ4n) is 3.96. The molecule has 0 radical (unpaired) electrons.